The zero-order chi connectivity index (χ0) is 21.4. The van der Waals surface area contributed by atoms with Crippen molar-refractivity contribution in [3.8, 4) is 0 Å². The molecule has 0 saturated heterocycles. The topological polar surface area (TPSA) is 39.1 Å². The number of para-hydroxylation sites is 1. The van der Waals surface area contributed by atoms with E-state index in [1.54, 1.807) is 0 Å². The van der Waals surface area contributed by atoms with Crippen LogP contribution in [0.15, 0.2) is 84.9 Å². The summed E-state index contributed by atoms with van der Waals surface area (Å²) in [5, 5.41) is 2.09. The zero-order valence-corrected chi connectivity index (χ0v) is 17.3. The van der Waals surface area contributed by atoms with Gasteiger partial charge in [0.25, 0.3) is 5.91 Å². The SMILES string of the molecule is O=C1c2ccccc2CC2Cc3ccccc3C(=O)n3c4ccccc4c4ccc1c2c43. The van der Waals surface area contributed by atoms with Gasteiger partial charge in [0, 0.05) is 27.5 Å². The predicted octanol–water partition coefficient (Wildman–Crippen LogP) is 5.91. The molecular formula is C29H19NO2. The number of nitrogens with zero attached hydrogens (tertiary/aromatic N) is 1. The maximum absolute atomic E-state index is 13.9. The van der Waals surface area contributed by atoms with Crippen molar-refractivity contribution in [1.29, 1.82) is 0 Å². The Balaban J connectivity index is 1.69. The molecule has 2 heterocycles. The lowest BCUT2D eigenvalue weighted by Crippen LogP contribution is -2.21. The number of hydrogen-bond donors (Lipinski definition) is 0. The lowest BCUT2D eigenvalue weighted by atomic mass is 9.82. The number of fused-ring (bicyclic) bond motifs is 5. The van der Waals surface area contributed by atoms with Crippen LogP contribution in [-0.4, -0.2) is 16.3 Å². The highest BCUT2D eigenvalue weighted by Crippen LogP contribution is 2.43. The van der Waals surface area contributed by atoms with Crippen LogP contribution in [0.25, 0.3) is 21.8 Å². The molecule has 1 aliphatic heterocycles. The molecule has 5 aromatic rings. The van der Waals surface area contributed by atoms with E-state index in [-0.39, 0.29) is 17.6 Å². The molecule has 0 bridgehead atoms. The van der Waals surface area contributed by atoms with E-state index in [4.69, 9.17) is 0 Å². The van der Waals surface area contributed by atoms with E-state index < -0.39 is 0 Å². The summed E-state index contributed by atoms with van der Waals surface area (Å²) in [5.41, 5.74) is 7.18. The van der Waals surface area contributed by atoms with Crippen LogP contribution in [0.2, 0.25) is 0 Å². The first-order valence-electron chi connectivity index (χ1n) is 11.0. The number of aromatic nitrogens is 1. The minimum Gasteiger partial charge on any atom is -0.289 e. The molecule has 2 aliphatic rings. The maximum atomic E-state index is 13.9. The Morgan fingerprint density at radius 3 is 2.09 bits per heavy atom. The van der Waals surface area contributed by atoms with Gasteiger partial charge in [-0.05, 0) is 53.6 Å². The van der Waals surface area contributed by atoms with Crippen molar-refractivity contribution in [2.75, 3.05) is 0 Å². The summed E-state index contributed by atoms with van der Waals surface area (Å²) >= 11 is 0. The van der Waals surface area contributed by atoms with E-state index in [0.29, 0.717) is 0 Å². The molecule has 0 spiro atoms. The van der Waals surface area contributed by atoms with Crippen LogP contribution >= 0.6 is 0 Å². The van der Waals surface area contributed by atoms with Crippen LogP contribution in [0.4, 0.5) is 0 Å². The Labute approximate surface area is 184 Å². The quantitative estimate of drug-likeness (QED) is 0.317. The smallest absolute Gasteiger partial charge is 0.263 e. The highest BCUT2D eigenvalue weighted by molar-refractivity contribution is 6.21. The molecule has 0 saturated carbocycles. The summed E-state index contributed by atoms with van der Waals surface area (Å²) in [4.78, 5) is 27.6. The molecule has 4 aromatic carbocycles. The predicted molar refractivity (Wildman–Crippen MR) is 126 cm³/mol. The molecule has 3 nitrogen and oxygen atoms in total. The molecule has 1 aromatic heterocycles. The molecule has 7 rings (SSSR count). The van der Waals surface area contributed by atoms with E-state index >= 15 is 0 Å². The molecule has 32 heavy (non-hydrogen) atoms. The molecule has 1 unspecified atom stereocenters. The lowest BCUT2D eigenvalue weighted by Gasteiger charge is -2.24. The van der Waals surface area contributed by atoms with Crippen LogP contribution in [0.3, 0.4) is 0 Å². The Bertz CT molecular complexity index is 1620. The highest BCUT2D eigenvalue weighted by atomic mass is 16.2. The summed E-state index contributed by atoms with van der Waals surface area (Å²) in [6.45, 7) is 0. The number of carbonyl (C=O) groups excluding carboxylic acids is 2. The van der Waals surface area contributed by atoms with Gasteiger partial charge in [0.15, 0.2) is 5.78 Å². The van der Waals surface area contributed by atoms with Crippen molar-refractivity contribution in [3.05, 3.63) is 118 Å². The summed E-state index contributed by atoms with van der Waals surface area (Å²) in [7, 11) is 0. The second-order valence-corrected chi connectivity index (χ2v) is 8.83. The number of rotatable bonds is 0. The molecule has 1 aliphatic carbocycles. The summed E-state index contributed by atoms with van der Waals surface area (Å²) < 4.78 is 1.86. The number of ketones is 1. The van der Waals surface area contributed by atoms with Gasteiger partial charge >= 0.3 is 0 Å². The standard InChI is InChI=1S/C29H19NO2/c31-28-20-9-3-1-7-17(20)15-19-16-18-8-2-4-10-21(18)29(32)30-25-12-6-5-11-22(25)23-13-14-24(28)26(19)27(23)30/h1-14,19H,15-16H2. The van der Waals surface area contributed by atoms with E-state index in [2.05, 4.69) is 18.2 Å². The fourth-order valence-corrected chi connectivity index (χ4v) is 5.80. The van der Waals surface area contributed by atoms with Crippen molar-refractivity contribution >= 4 is 33.5 Å². The van der Waals surface area contributed by atoms with E-state index in [9.17, 15) is 9.59 Å². The van der Waals surface area contributed by atoms with Gasteiger partial charge in [-0.1, -0.05) is 66.7 Å². The Hall–Kier alpha value is -3.98. The Morgan fingerprint density at radius 1 is 0.625 bits per heavy atom. The van der Waals surface area contributed by atoms with Crippen molar-refractivity contribution < 1.29 is 9.59 Å². The Morgan fingerprint density at radius 2 is 1.28 bits per heavy atom. The largest absolute Gasteiger partial charge is 0.289 e. The van der Waals surface area contributed by atoms with E-state index in [1.807, 2.05) is 71.3 Å². The number of benzene rings is 4. The van der Waals surface area contributed by atoms with Gasteiger partial charge in [-0.25, -0.2) is 0 Å². The minimum absolute atomic E-state index is 0.0205. The van der Waals surface area contributed by atoms with Crippen LogP contribution in [-0.2, 0) is 12.8 Å². The van der Waals surface area contributed by atoms with Gasteiger partial charge in [-0.2, -0.15) is 0 Å². The van der Waals surface area contributed by atoms with Crippen molar-refractivity contribution in [3.63, 3.8) is 0 Å². The van der Waals surface area contributed by atoms with Gasteiger partial charge in [0.05, 0.1) is 11.0 Å². The average Bonchev–Trinajstić information content (AvgIpc) is 3.10. The third-order valence-electron chi connectivity index (χ3n) is 7.17. The van der Waals surface area contributed by atoms with Crippen molar-refractivity contribution in [2.24, 2.45) is 0 Å². The number of carbonyl (C=O) groups is 2. The van der Waals surface area contributed by atoms with E-state index in [0.717, 1.165) is 68.0 Å². The van der Waals surface area contributed by atoms with Crippen LogP contribution in [0, 0.1) is 0 Å². The van der Waals surface area contributed by atoms with Gasteiger partial charge in [0.2, 0.25) is 0 Å². The molecule has 0 N–H and O–H groups in total. The monoisotopic (exact) mass is 413 g/mol. The van der Waals surface area contributed by atoms with Crippen LogP contribution in [0.5, 0.6) is 0 Å². The minimum atomic E-state index is -0.0205. The second-order valence-electron chi connectivity index (χ2n) is 8.83. The maximum Gasteiger partial charge on any atom is 0.263 e. The second kappa shape index (κ2) is 6.27. The molecule has 152 valence electrons. The first kappa shape index (κ1) is 17.7. The molecule has 1 atom stereocenters. The summed E-state index contributed by atoms with van der Waals surface area (Å²) in [6.07, 6.45) is 1.51. The first-order valence-corrected chi connectivity index (χ1v) is 11.0. The Kier molecular flexibility index (Phi) is 3.46. The average molecular weight is 413 g/mol. The molecule has 3 heteroatoms. The summed E-state index contributed by atoms with van der Waals surface area (Å²) in [5.74, 6) is 0.143. The molecular weight excluding hydrogens is 394 g/mol. The normalized spacial score (nSPS) is 16.9. The molecule has 0 amide bonds. The fourth-order valence-electron chi connectivity index (χ4n) is 5.80. The third kappa shape index (κ3) is 2.20. The highest BCUT2D eigenvalue weighted by Gasteiger charge is 2.34. The molecule has 0 radical (unpaired) electrons. The summed E-state index contributed by atoms with van der Waals surface area (Å²) in [6, 6.07) is 27.9. The fraction of sp³-hybridized carbons (Fsp3) is 0.103. The van der Waals surface area contributed by atoms with Crippen LogP contribution in [0.1, 0.15) is 48.9 Å². The van der Waals surface area contributed by atoms with Gasteiger partial charge in [-0.15, -0.1) is 0 Å². The third-order valence-corrected chi connectivity index (χ3v) is 7.17. The van der Waals surface area contributed by atoms with Crippen molar-refractivity contribution in [2.45, 2.75) is 18.8 Å². The van der Waals surface area contributed by atoms with Gasteiger partial charge < -0.3 is 0 Å². The molecule has 0 fully saturated rings. The van der Waals surface area contributed by atoms with Crippen molar-refractivity contribution in [1.82, 2.24) is 4.57 Å². The lowest BCUT2D eigenvalue weighted by molar-refractivity contribution is 0.0966. The van der Waals surface area contributed by atoms with Crippen LogP contribution < -0.4 is 0 Å². The zero-order valence-electron chi connectivity index (χ0n) is 17.3. The number of hydrogen-bond acceptors (Lipinski definition) is 2. The van der Waals surface area contributed by atoms with E-state index in [1.165, 1.54) is 0 Å². The van der Waals surface area contributed by atoms with Gasteiger partial charge in [0.1, 0.15) is 0 Å². The van der Waals surface area contributed by atoms with Gasteiger partial charge in [-0.3, -0.25) is 14.2 Å². The first-order chi connectivity index (χ1) is 15.7.